The fourth-order valence-corrected chi connectivity index (χ4v) is 14.2. The van der Waals surface area contributed by atoms with Crippen molar-refractivity contribution in [2.75, 3.05) is 0 Å². The van der Waals surface area contributed by atoms with Crippen LogP contribution in [0.2, 0.25) is 0 Å². The predicted molar refractivity (Wildman–Crippen MR) is 264 cm³/mol. The molecule has 4 nitrogen and oxygen atoms in total. The van der Waals surface area contributed by atoms with Gasteiger partial charge in [-0.2, -0.15) is 0 Å². The van der Waals surface area contributed by atoms with Gasteiger partial charge in [-0.1, -0.05) is 218 Å². The lowest BCUT2D eigenvalue weighted by molar-refractivity contribution is 1.07. The van der Waals surface area contributed by atoms with Crippen LogP contribution in [0.25, 0.3) is 72.8 Å². The first kappa shape index (κ1) is 38.0. The van der Waals surface area contributed by atoms with Gasteiger partial charge in [-0.05, 0) is 57.0 Å². The van der Waals surface area contributed by atoms with Gasteiger partial charge in [-0.15, -0.1) is 0 Å². The number of hydrogen-bond donors (Lipinski definition) is 0. The largest absolute Gasteiger partial charge is 0.309 e. The second kappa shape index (κ2) is 16.1. The zero-order valence-electron chi connectivity index (χ0n) is 34.8. The molecule has 0 aliphatic carbocycles. The minimum Gasteiger partial charge on any atom is -0.309 e. The van der Waals surface area contributed by atoms with E-state index in [2.05, 4.69) is 212 Å². The van der Waals surface area contributed by atoms with E-state index in [0.717, 1.165) is 44.5 Å². The lowest BCUT2D eigenvalue weighted by atomic mass is 10.0. The first-order valence-electron chi connectivity index (χ1n) is 21.4. The first-order valence-corrected chi connectivity index (χ1v) is 23.4. The fraction of sp³-hybridized carbons (Fsp3) is 0.0172. The summed E-state index contributed by atoms with van der Waals surface area (Å²) in [5.41, 5.74) is 9.57. The lowest BCUT2D eigenvalue weighted by Crippen LogP contribution is -2.74. The van der Waals surface area contributed by atoms with Gasteiger partial charge in [0, 0.05) is 33.0 Å². The monoisotopic (exact) mass is 822 g/mol. The van der Waals surface area contributed by atoms with Gasteiger partial charge in [0.2, 0.25) is 0 Å². The number of nitrogens with zero attached hydrogens (tertiary/aromatic N) is 4. The summed E-state index contributed by atoms with van der Waals surface area (Å²) >= 11 is 0. The maximum Gasteiger partial charge on any atom is 0.179 e. The minimum atomic E-state index is -2.82. The van der Waals surface area contributed by atoms with Crippen LogP contribution in [0.1, 0.15) is 5.56 Å². The Morgan fingerprint density at radius 2 is 0.794 bits per heavy atom. The molecular weight excluding hydrogens is 781 g/mol. The van der Waals surface area contributed by atoms with E-state index >= 15 is 0 Å². The molecule has 11 rings (SSSR count). The Kier molecular flexibility index (Phi) is 9.72. The smallest absolute Gasteiger partial charge is 0.179 e. The van der Waals surface area contributed by atoms with Crippen molar-refractivity contribution < 1.29 is 0 Å². The van der Waals surface area contributed by atoms with E-state index < -0.39 is 8.07 Å². The van der Waals surface area contributed by atoms with Crippen LogP contribution in [-0.2, 0) is 0 Å². The summed E-state index contributed by atoms with van der Waals surface area (Å²) in [5.74, 6) is 1.88. The molecule has 5 heteroatoms. The molecule has 0 fully saturated rings. The topological polar surface area (TPSA) is 43.6 Å². The summed E-state index contributed by atoms with van der Waals surface area (Å²) in [6, 6.07) is 85.3. The van der Waals surface area contributed by atoms with Crippen LogP contribution >= 0.6 is 0 Å². The number of rotatable bonds is 9. The van der Waals surface area contributed by atoms with Crippen molar-refractivity contribution in [1.29, 1.82) is 0 Å². The third-order valence-electron chi connectivity index (χ3n) is 12.3. The average Bonchev–Trinajstić information content (AvgIpc) is 3.68. The summed E-state index contributed by atoms with van der Waals surface area (Å²) in [7, 11) is -2.82. The molecule has 0 bridgehead atoms. The van der Waals surface area contributed by atoms with Gasteiger partial charge in [-0.25, -0.2) is 15.0 Å². The summed E-state index contributed by atoms with van der Waals surface area (Å²) < 4.78 is 2.44. The van der Waals surface area contributed by atoms with Crippen molar-refractivity contribution in [3.05, 3.63) is 242 Å². The minimum absolute atomic E-state index is 0.616. The van der Waals surface area contributed by atoms with Gasteiger partial charge in [-0.3, -0.25) is 0 Å². The zero-order chi connectivity index (χ0) is 42.2. The molecule has 0 aliphatic rings. The van der Waals surface area contributed by atoms with Gasteiger partial charge in [0.05, 0.1) is 16.7 Å². The highest BCUT2D eigenvalue weighted by atomic mass is 28.3. The molecule has 2 heterocycles. The molecule has 0 radical (unpaired) electrons. The van der Waals surface area contributed by atoms with Crippen LogP contribution in [0, 0.1) is 6.92 Å². The molecule has 0 saturated heterocycles. The number of para-hydroxylation sites is 1. The normalized spacial score (nSPS) is 11.6. The molecule has 63 heavy (non-hydrogen) atoms. The maximum absolute atomic E-state index is 5.18. The van der Waals surface area contributed by atoms with E-state index in [1.54, 1.807) is 0 Å². The summed E-state index contributed by atoms with van der Waals surface area (Å²) in [5, 5.41) is 7.75. The molecule has 9 aromatic carbocycles. The Labute approximate surface area is 368 Å². The maximum atomic E-state index is 5.18. The van der Waals surface area contributed by atoms with Crippen molar-refractivity contribution in [3.8, 4) is 51.0 Å². The van der Waals surface area contributed by atoms with Crippen LogP contribution in [0.3, 0.4) is 0 Å². The molecule has 0 unspecified atom stereocenters. The second-order valence-corrected chi connectivity index (χ2v) is 19.9. The van der Waals surface area contributed by atoms with Crippen molar-refractivity contribution in [2.24, 2.45) is 0 Å². The lowest BCUT2D eigenvalue weighted by Gasteiger charge is -2.34. The highest BCUT2D eigenvalue weighted by Gasteiger charge is 2.41. The Bertz CT molecular complexity index is 3230. The van der Waals surface area contributed by atoms with Crippen molar-refractivity contribution in [2.45, 2.75) is 6.92 Å². The molecule has 0 aliphatic heterocycles. The van der Waals surface area contributed by atoms with E-state index in [1.165, 1.54) is 37.1 Å². The Morgan fingerprint density at radius 1 is 0.333 bits per heavy atom. The van der Waals surface area contributed by atoms with Crippen LogP contribution in [0.4, 0.5) is 0 Å². The molecule has 0 amide bonds. The van der Waals surface area contributed by atoms with Crippen LogP contribution < -0.4 is 20.7 Å². The van der Waals surface area contributed by atoms with Gasteiger partial charge >= 0.3 is 0 Å². The Balaban J connectivity index is 1.20. The van der Waals surface area contributed by atoms with Gasteiger partial charge in [0.25, 0.3) is 0 Å². The van der Waals surface area contributed by atoms with Gasteiger partial charge in [0.15, 0.2) is 25.5 Å². The first-order chi connectivity index (χ1) is 31.1. The fourth-order valence-electron chi connectivity index (χ4n) is 9.36. The second-order valence-electron chi connectivity index (χ2n) is 16.1. The molecule has 2 aromatic heterocycles. The SMILES string of the molecule is Cc1ccc2c3ccccc3n(-c3cc(-c4nc(-c5ccccc5)nc(-c5ccccc5)n4)ccc3-c3cccc([Si](c4ccccc4)(c4ccccc4)c4ccccc4)c3)c2c1. The summed E-state index contributed by atoms with van der Waals surface area (Å²) in [6.45, 7) is 2.17. The Hall–Kier alpha value is -7.99. The van der Waals surface area contributed by atoms with Gasteiger partial charge in [0.1, 0.15) is 0 Å². The summed E-state index contributed by atoms with van der Waals surface area (Å²) in [6.07, 6.45) is 0. The van der Waals surface area contributed by atoms with Crippen LogP contribution in [-0.4, -0.2) is 27.6 Å². The number of aromatic nitrogens is 4. The zero-order valence-corrected chi connectivity index (χ0v) is 35.8. The standard InChI is InChI=1S/C58H42N4Si/c1-41-34-36-52-51-32-17-18-33-53(51)62(54(52)38-41)55-40-45(58-60-56(42-20-7-2-8-21-42)59-57(61-58)43-22-9-3-10-23-43)35-37-50(55)44-24-19-31-49(39-44)63(46-25-11-4-12-26-46,47-27-13-5-14-28-47)48-29-15-6-16-30-48/h2-40H,1H3. The number of aryl methyl sites for hydroxylation is 1. The molecule has 11 aromatic rings. The van der Waals surface area contributed by atoms with E-state index in [9.17, 15) is 0 Å². The van der Waals surface area contributed by atoms with E-state index in [-0.39, 0.29) is 0 Å². The predicted octanol–water partition coefficient (Wildman–Crippen LogP) is 11.3. The van der Waals surface area contributed by atoms with E-state index in [4.69, 9.17) is 15.0 Å². The van der Waals surface area contributed by atoms with Crippen molar-refractivity contribution in [3.63, 3.8) is 0 Å². The number of fused-ring (bicyclic) bond motifs is 3. The molecule has 0 saturated carbocycles. The highest BCUT2D eigenvalue weighted by Crippen LogP contribution is 2.38. The molecule has 0 N–H and O–H groups in total. The third kappa shape index (κ3) is 6.76. The molecule has 0 atom stereocenters. The van der Waals surface area contributed by atoms with Crippen molar-refractivity contribution >= 4 is 50.6 Å². The number of benzene rings is 9. The quantitative estimate of drug-likeness (QED) is 0.108. The van der Waals surface area contributed by atoms with Gasteiger partial charge < -0.3 is 4.57 Å². The average molecular weight is 823 g/mol. The van der Waals surface area contributed by atoms with Crippen molar-refractivity contribution in [1.82, 2.24) is 19.5 Å². The van der Waals surface area contributed by atoms with Crippen LogP contribution in [0.15, 0.2) is 237 Å². The molecule has 0 spiro atoms. The highest BCUT2D eigenvalue weighted by molar-refractivity contribution is 7.19. The number of hydrogen-bond acceptors (Lipinski definition) is 3. The Morgan fingerprint density at radius 3 is 1.37 bits per heavy atom. The van der Waals surface area contributed by atoms with E-state index in [0.29, 0.717) is 17.5 Å². The molecule has 298 valence electrons. The van der Waals surface area contributed by atoms with Crippen LogP contribution in [0.5, 0.6) is 0 Å². The summed E-state index contributed by atoms with van der Waals surface area (Å²) in [4.78, 5) is 15.4. The van der Waals surface area contributed by atoms with E-state index in [1.807, 2.05) is 36.4 Å². The molecular formula is C58H42N4Si. The third-order valence-corrected chi connectivity index (χ3v) is 17.0.